The topological polar surface area (TPSA) is 67.8 Å². The molecule has 7 nitrogen and oxygen atoms in total. The average molecular weight is 443 g/mol. The Bertz CT molecular complexity index is 1280. The second-order valence-corrected chi connectivity index (χ2v) is 9.36. The van der Waals surface area contributed by atoms with Crippen molar-refractivity contribution in [2.24, 2.45) is 10.9 Å². The van der Waals surface area contributed by atoms with E-state index in [-0.39, 0.29) is 5.91 Å². The summed E-state index contributed by atoms with van der Waals surface area (Å²) in [7, 11) is 2.14. The molecule has 0 saturated carbocycles. The van der Waals surface area contributed by atoms with Crippen LogP contribution in [0, 0.1) is 5.92 Å². The maximum atomic E-state index is 11.8. The largest absolute Gasteiger partial charge is 0.338 e. The van der Waals surface area contributed by atoms with Crippen LogP contribution in [0.4, 0.5) is 5.69 Å². The van der Waals surface area contributed by atoms with Gasteiger partial charge < -0.3 is 14.7 Å². The Hall–Kier alpha value is -3.45. The number of amidine groups is 1. The summed E-state index contributed by atoms with van der Waals surface area (Å²) in [4.78, 5) is 23.4. The van der Waals surface area contributed by atoms with Crippen LogP contribution in [-0.4, -0.2) is 75.9 Å². The van der Waals surface area contributed by atoms with Crippen molar-refractivity contribution in [3.8, 4) is 0 Å². The quantitative estimate of drug-likeness (QED) is 0.716. The highest BCUT2D eigenvalue weighted by Gasteiger charge is 2.38. The van der Waals surface area contributed by atoms with Crippen LogP contribution in [-0.2, 0) is 4.79 Å². The molecule has 33 heavy (non-hydrogen) atoms. The van der Waals surface area contributed by atoms with Crippen molar-refractivity contribution in [1.82, 2.24) is 24.9 Å². The molecule has 170 valence electrons. The lowest BCUT2D eigenvalue weighted by molar-refractivity contribution is -0.131. The number of likely N-dealkylation sites (N-methyl/N-ethyl adjacent to an activating group) is 1. The summed E-state index contributed by atoms with van der Waals surface area (Å²) >= 11 is 0. The first-order valence-corrected chi connectivity index (χ1v) is 11.3. The van der Waals surface area contributed by atoms with E-state index in [0.29, 0.717) is 12.0 Å². The van der Waals surface area contributed by atoms with Gasteiger partial charge in [-0.1, -0.05) is 25.8 Å². The molecule has 0 radical (unpaired) electrons. The van der Waals surface area contributed by atoms with E-state index in [2.05, 4.69) is 71.9 Å². The number of aromatic amines is 1. The molecule has 2 saturated heterocycles. The Morgan fingerprint density at radius 2 is 2.00 bits per heavy atom. The highest BCUT2D eigenvalue weighted by Crippen LogP contribution is 2.39. The second-order valence-electron chi connectivity index (χ2n) is 9.36. The van der Waals surface area contributed by atoms with Crippen LogP contribution in [0.25, 0.3) is 17.8 Å². The zero-order chi connectivity index (χ0) is 23.3. The number of amides is 1. The zero-order valence-corrected chi connectivity index (χ0v) is 19.3. The smallest absolute Gasteiger partial charge is 0.245 e. The molecular weight excluding hydrogens is 412 g/mol. The maximum absolute atomic E-state index is 11.8. The Kier molecular flexibility index (Phi) is 5.29. The van der Waals surface area contributed by atoms with E-state index in [1.54, 1.807) is 0 Å². The average Bonchev–Trinajstić information content (AvgIpc) is 3.19. The van der Waals surface area contributed by atoms with E-state index in [9.17, 15) is 4.79 Å². The van der Waals surface area contributed by atoms with Gasteiger partial charge in [-0.2, -0.15) is 5.10 Å². The molecule has 1 N–H and O–H groups in total. The first-order valence-electron chi connectivity index (χ1n) is 11.3. The Morgan fingerprint density at radius 1 is 1.24 bits per heavy atom. The van der Waals surface area contributed by atoms with Crippen molar-refractivity contribution in [1.29, 1.82) is 0 Å². The van der Waals surface area contributed by atoms with Crippen LogP contribution >= 0.6 is 0 Å². The van der Waals surface area contributed by atoms with Gasteiger partial charge in [-0.15, -0.1) is 0 Å². The molecule has 0 bridgehead atoms. The molecule has 0 spiro atoms. The minimum absolute atomic E-state index is 0.00581. The van der Waals surface area contributed by atoms with E-state index in [4.69, 9.17) is 4.99 Å². The summed E-state index contributed by atoms with van der Waals surface area (Å²) in [5.41, 5.74) is 5.26. The molecule has 2 fully saturated rings. The lowest BCUT2D eigenvalue weighted by atomic mass is 9.91. The molecular formula is C26H30N6O. The number of benzene rings is 1. The van der Waals surface area contributed by atoms with Gasteiger partial charge in [-0.25, -0.2) is 4.99 Å². The van der Waals surface area contributed by atoms with Crippen LogP contribution in [0.5, 0.6) is 0 Å². The van der Waals surface area contributed by atoms with Gasteiger partial charge in [-0.05, 0) is 43.3 Å². The third-order valence-corrected chi connectivity index (χ3v) is 7.01. The summed E-state index contributed by atoms with van der Waals surface area (Å²) < 4.78 is 0. The van der Waals surface area contributed by atoms with Gasteiger partial charge in [-0.3, -0.25) is 9.89 Å². The molecule has 0 atom stereocenters. The maximum Gasteiger partial charge on any atom is 0.245 e. The van der Waals surface area contributed by atoms with Crippen molar-refractivity contribution >= 4 is 35.3 Å². The fourth-order valence-electron chi connectivity index (χ4n) is 5.04. The van der Waals surface area contributed by atoms with Crippen LogP contribution in [0.1, 0.15) is 24.5 Å². The Morgan fingerprint density at radius 3 is 2.64 bits per heavy atom. The minimum Gasteiger partial charge on any atom is -0.338 e. The second kappa shape index (κ2) is 8.15. The van der Waals surface area contributed by atoms with Crippen molar-refractivity contribution in [2.45, 2.75) is 19.4 Å². The number of carbonyl (C=O) groups is 1. The summed E-state index contributed by atoms with van der Waals surface area (Å²) in [6.45, 7) is 17.7. The molecule has 1 aromatic heterocycles. The predicted octanol–water partition coefficient (Wildman–Crippen LogP) is 1.70. The number of nitrogens with one attached hydrogen (secondary N) is 1. The molecule has 0 unspecified atom stereocenters. The lowest BCUT2D eigenvalue weighted by Gasteiger charge is -2.48. The third-order valence-electron chi connectivity index (χ3n) is 7.01. The zero-order valence-electron chi connectivity index (χ0n) is 19.3. The van der Waals surface area contributed by atoms with Crippen molar-refractivity contribution in [3.05, 3.63) is 65.3 Å². The predicted molar refractivity (Wildman–Crippen MR) is 132 cm³/mol. The van der Waals surface area contributed by atoms with Crippen molar-refractivity contribution in [2.75, 3.05) is 33.2 Å². The Labute approximate surface area is 194 Å². The van der Waals surface area contributed by atoms with Gasteiger partial charge >= 0.3 is 0 Å². The molecule has 7 heteroatoms. The molecule has 3 aliphatic heterocycles. The van der Waals surface area contributed by atoms with Crippen molar-refractivity contribution < 1.29 is 4.79 Å². The highest BCUT2D eigenvalue weighted by molar-refractivity contribution is 5.99. The van der Waals surface area contributed by atoms with Gasteiger partial charge in [0.25, 0.3) is 0 Å². The monoisotopic (exact) mass is 442 g/mol. The number of hydrogen-bond acceptors (Lipinski definition) is 5. The molecule has 0 aliphatic carbocycles. The van der Waals surface area contributed by atoms with Crippen LogP contribution in [0.3, 0.4) is 0 Å². The number of aromatic nitrogens is 2. The lowest BCUT2D eigenvalue weighted by Crippen LogP contribution is -2.60. The van der Waals surface area contributed by atoms with Gasteiger partial charge in [0.1, 0.15) is 5.84 Å². The molecule has 1 aromatic carbocycles. The van der Waals surface area contributed by atoms with Gasteiger partial charge in [0, 0.05) is 55.0 Å². The number of rotatable bonds is 5. The van der Waals surface area contributed by atoms with Crippen LogP contribution in [0.2, 0.25) is 0 Å². The van der Waals surface area contributed by atoms with E-state index >= 15 is 0 Å². The first kappa shape index (κ1) is 21.4. The number of fused-ring (bicyclic) bond motifs is 1. The van der Waals surface area contributed by atoms with E-state index in [1.165, 1.54) is 6.08 Å². The molecule has 5 rings (SSSR count). The van der Waals surface area contributed by atoms with E-state index in [0.717, 1.165) is 77.1 Å². The number of H-pyrrole nitrogens is 1. The SMILES string of the molecule is C=CC(=O)N1CC(CC2=Nc3ccc(/C(C)=c4\cn[nH]c4=C)cc3C(=C)N2C2CN(C)C2)C1. The summed E-state index contributed by atoms with van der Waals surface area (Å²) in [5.74, 6) is 1.48. The van der Waals surface area contributed by atoms with Crippen LogP contribution < -0.4 is 10.6 Å². The molecule has 4 heterocycles. The van der Waals surface area contributed by atoms with Gasteiger partial charge in [0.2, 0.25) is 5.91 Å². The third kappa shape index (κ3) is 3.72. The minimum atomic E-state index is 0.00581. The standard InChI is InChI=1S/C26H30N6O/c1-6-26(33)31-12-19(13-31)9-25-28-24-8-7-20(16(2)23-11-27-29-17(23)3)10-22(24)18(4)32(25)21-14-30(5)15-21/h6-8,10-11,19,21,29H,1,3-4,9,12-15H2,2,5H3/b23-16+. The number of aliphatic imine (C=N–C) groups is 1. The molecule has 3 aliphatic rings. The number of likely N-dealkylation sites (tertiary alicyclic amines) is 2. The number of hydrogen-bond donors (Lipinski definition) is 1. The van der Waals surface area contributed by atoms with E-state index in [1.807, 2.05) is 11.1 Å². The number of nitrogens with zero attached hydrogens (tertiary/aromatic N) is 5. The van der Waals surface area contributed by atoms with Gasteiger partial charge in [0.15, 0.2) is 0 Å². The highest BCUT2D eigenvalue weighted by atomic mass is 16.2. The number of carbonyl (C=O) groups excluding carboxylic acids is 1. The fourth-order valence-corrected chi connectivity index (χ4v) is 5.04. The summed E-state index contributed by atoms with van der Waals surface area (Å²) in [5, 5.41) is 8.86. The van der Waals surface area contributed by atoms with Crippen LogP contribution in [0.15, 0.2) is 48.6 Å². The first-order chi connectivity index (χ1) is 15.9. The Balaban J connectivity index is 1.47. The summed E-state index contributed by atoms with van der Waals surface area (Å²) in [6.07, 6.45) is 4.05. The molecule has 2 aromatic rings. The normalized spacial score (nSPS) is 20.1. The fraction of sp³-hybridized carbons (Fsp3) is 0.346. The van der Waals surface area contributed by atoms with Crippen molar-refractivity contribution in [3.63, 3.8) is 0 Å². The summed E-state index contributed by atoms with van der Waals surface area (Å²) in [6, 6.07) is 6.74. The van der Waals surface area contributed by atoms with Gasteiger partial charge in [0.05, 0.1) is 23.3 Å². The molecule has 1 amide bonds. The van der Waals surface area contributed by atoms with E-state index < -0.39 is 0 Å².